The SMILES string of the molecule is CC(C(=O)Nc1ccc(CCC2CC2)cn1)N1CCC(F)(F)C(c2ccc(=O)[nH]c2)C1. The van der Waals surface area contributed by atoms with Crippen LogP contribution in [0.25, 0.3) is 0 Å². The molecule has 3 heterocycles. The number of aryl methyl sites for hydroxylation is 1. The summed E-state index contributed by atoms with van der Waals surface area (Å²) >= 11 is 0. The number of anilines is 1. The lowest BCUT2D eigenvalue weighted by Crippen LogP contribution is -2.52. The molecule has 2 aliphatic rings. The van der Waals surface area contributed by atoms with Crippen molar-refractivity contribution in [2.45, 2.75) is 56.9 Å². The summed E-state index contributed by atoms with van der Waals surface area (Å²) in [6, 6.07) is 5.86. The molecule has 1 saturated carbocycles. The van der Waals surface area contributed by atoms with Crippen molar-refractivity contribution in [1.29, 1.82) is 0 Å². The molecule has 0 bridgehead atoms. The zero-order chi connectivity index (χ0) is 22.0. The Labute approximate surface area is 180 Å². The Morgan fingerprint density at radius 3 is 2.77 bits per heavy atom. The van der Waals surface area contributed by atoms with E-state index in [-0.39, 0.29) is 31.0 Å². The van der Waals surface area contributed by atoms with Gasteiger partial charge in [-0.25, -0.2) is 13.8 Å². The largest absolute Gasteiger partial charge is 0.329 e. The average Bonchev–Trinajstić information content (AvgIpc) is 3.58. The summed E-state index contributed by atoms with van der Waals surface area (Å²) in [7, 11) is 0. The highest BCUT2D eigenvalue weighted by Gasteiger charge is 2.46. The maximum Gasteiger partial charge on any atom is 0.257 e. The van der Waals surface area contributed by atoms with E-state index in [0.717, 1.165) is 17.9 Å². The molecule has 0 spiro atoms. The van der Waals surface area contributed by atoms with Crippen molar-refractivity contribution < 1.29 is 13.6 Å². The number of carbonyl (C=O) groups is 1. The maximum atomic E-state index is 14.6. The number of halogens is 2. The van der Waals surface area contributed by atoms with Gasteiger partial charge >= 0.3 is 0 Å². The fraction of sp³-hybridized carbons (Fsp3) is 0.522. The Bertz CT molecular complexity index is 952. The molecule has 2 aromatic heterocycles. The van der Waals surface area contributed by atoms with Gasteiger partial charge in [-0.2, -0.15) is 0 Å². The van der Waals surface area contributed by atoms with Crippen LogP contribution in [0.4, 0.5) is 14.6 Å². The van der Waals surface area contributed by atoms with E-state index in [4.69, 9.17) is 0 Å². The minimum Gasteiger partial charge on any atom is -0.329 e. The molecule has 0 radical (unpaired) electrons. The van der Waals surface area contributed by atoms with Crippen LogP contribution in [0.5, 0.6) is 0 Å². The van der Waals surface area contributed by atoms with E-state index in [1.807, 2.05) is 6.07 Å². The van der Waals surface area contributed by atoms with E-state index in [0.29, 0.717) is 11.4 Å². The van der Waals surface area contributed by atoms with Gasteiger partial charge in [0, 0.05) is 38.0 Å². The first-order valence-corrected chi connectivity index (χ1v) is 10.9. The predicted molar refractivity (Wildman–Crippen MR) is 114 cm³/mol. The summed E-state index contributed by atoms with van der Waals surface area (Å²) < 4.78 is 29.1. The Morgan fingerprint density at radius 1 is 1.32 bits per heavy atom. The molecule has 1 saturated heterocycles. The summed E-state index contributed by atoms with van der Waals surface area (Å²) in [5.74, 6) is -2.94. The Morgan fingerprint density at radius 2 is 2.13 bits per heavy atom. The number of alkyl halides is 2. The van der Waals surface area contributed by atoms with Gasteiger partial charge in [0.1, 0.15) is 5.82 Å². The van der Waals surface area contributed by atoms with E-state index in [2.05, 4.69) is 15.3 Å². The Balaban J connectivity index is 1.37. The van der Waals surface area contributed by atoms with Gasteiger partial charge in [-0.05, 0) is 42.9 Å². The van der Waals surface area contributed by atoms with Crippen LogP contribution in [0.3, 0.4) is 0 Å². The molecule has 2 aromatic rings. The van der Waals surface area contributed by atoms with Gasteiger partial charge in [-0.1, -0.05) is 25.0 Å². The molecular weight excluding hydrogens is 402 g/mol. The number of piperidine rings is 1. The van der Waals surface area contributed by atoms with Crippen LogP contribution in [-0.4, -0.2) is 45.8 Å². The lowest BCUT2D eigenvalue weighted by atomic mass is 9.87. The number of pyridine rings is 2. The predicted octanol–water partition coefficient (Wildman–Crippen LogP) is 3.56. The molecule has 2 N–H and O–H groups in total. The van der Waals surface area contributed by atoms with Gasteiger partial charge in [0.25, 0.3) is 5.92 Å². The van der Waals surface area contributed by atoms with E-state index < -0.39 is 17.9 Å². The van der Waals surface area contributed by atoms with E-state index >= 15 is 0 Å². The number of aromatic nitrogens is 2. The van der Waals surface area contributed by atoms with Crippen molar-refractivity contribution in [2.24, 2.45) is 5.92 Å². The van der Waals surface area contributed by atoms with Gasteiger partial charge in [0.15, 0.2) is 0 Å². The van der Waals surface area contributed by atoms with E-state index in [9.17, 15) is 18.4 Å². The lowest BCUT2D eigenvalue weighted by Gasteiger charge is -2.40. The van der Waals surface area contributed by atoms with Gasteiger partial charge in [-0.3, -0.25) is 14.5 Å². The highest BCUT2D eigenvalue weighted by molar-refractivity contribution is 5.93. The van der Waals surface area contributed by atoms with Gasteiger partial charge in [-0.15, -0.1) is 0 Å². The Hall–Kier alpha value is -2.61. The van der Waals surface area contributed by atoms with Crippen molar-refractivity contribution in [3.05, 3.63) is 58.1 Å². The minimum absolute atomic E-state index is 0.0289. The maximum absolute atomic E-state index is 14.6. The summed E-state index contributed by atoms with van der Waals surface area (Å²) in [6.45, 7) is 1.86. The Kier molecular flexibility index (Phi) is 6.18. The normalized spacial score (nSPS) is 22.1. The first-order valence-electron chi connectivity index (χ1n) is 10.9. The summed E-state index contributed by atoms with van der Waals surface area (Å²) in [5, 5.41) is 2.80. The van der Waals surface area contributed by atoms with Gasteiger partial charge in [0.2, 0.25) is 11.5 Å². The lowest BCUT2D eigenvalue weighted by molar-refractivity contribution is -0.125. The highest BCUT2D eigenvalue weighted by Crippen LogP contribution is 2.40. The smallest absolute Gasteiger partial charge is 0.257 e. The molecule has 1 amide bonds. The first-order chi connectivity index (χ1) is 14.8. The minimum atomic E-state index is -2.90. The van der Waals surface area contributed by atoms with Crippen molar-refractivity contribution in [1.82, 2.24) is 14.9 Å². The number of nitrogens with one attached hydrogen (secondary N) is 2. The fourth-order valence-corrected chi connectivity index (χ4v) is 4.09. The summed E-state index contributed by atoms with van der Waals surface area (Å²) in [6.07, 6.45) is 7.61. The van der Waals surface area contributed by atoms with Crippen LogP contribution in [0.1, 0.15) is 49.7 Å². The number of aromatic amines is 1. The fourth-order valence-electron chi connectivity index (χ4n) is 4.09. The molecule has 1 aliphatic heterocycles. The second kappa shape index (κ2) is 8.86. The van der Waals surface area contributed by atoms with Crippen LogP contribution in [-0.2, 0) is 11.2 Å². The highest BCUT2D eigenvalue weighted by atomic mass is 19.3. The van der Waals surface area contributed by atoms with Crippen molar-refractivity contribution in [3.63, 3.8) is 0 Å². The van der Waals surface area contributed by atoms with Crippen molar-refractivity contribution in [2.75, 3.05) is 18.4 Å². The van der Waals surface area contributed by atoms with Crippen LogP contribution in [0.2, 0.25) is 0 Å². The zero-order valence-electron chi connectivity index (χ0n) is 17.6. The number of hydrogen-bond acceptors (Lipinski definition) is 4. The third kappa shape index (κ3) is 5.36. The third-order valence-electron chi connectivity index (χ3n) is 6.41. The number of nitrogens with zero attached hydrogens (tertiary/aromatic N) is 2. The number of hydrogen-bond donors (Lipinski definition) is 2. The number of rotatable bonds is 7. The molecule has 0 aromatic carbocycles. The number of likely N-dealkylation sites (tertiary alicyclic amines) is 1. The molecule has 2 unspecified atom stereocenters. The van der Waals surface area contributed by atoms with E-state index in [1.165, 1.54) is 37.6 Å². The first kappa shape index (κ1) is 21.6. The topological polar surface area (TPSA) is 78.1 Å². The van der Waals surface area contributed by atoms with Crippen molar-refractivity contribution >= 4 is 11.7 Å². The van der Waals surface area contributed by atoms with Crippen molar-refractivity contribution in [3.8, 4) is 0 Å². The molecule has 31 heavy (non-hydrogen) atoms. The van der Waals surface area contributed by atoms with Crippen LogP contribution in [0, 0.1) is 5.92 Å². The summed E-state index contributed by atoms with van der Waals surface area (Å²) in [4.78, 5) is 32.6. The molecule has 8 heteroatoms. The second-order valence-electron chi connectivity index (χ2n) is 8.74. The number of H-pyrrole nitrogens is 1. The molecule has 2 fully saturated rings. The molecule has 166 valence electrons. The molecule has 4 rings (SSSR count). The zero-order valence-corrected chi connectivity index (χ0v) is 17.6. The number of amides is 1. The number of carbonyl (C=O) groups excluding carboxylic acids is 1. The monoisotopic (exact) mass is 430 g/mol. The molecule has 2 atom stereocenters. The standard InChI is InChI=1S/C23H28F2N4O2/c1-15(22(31)28-20-8-6-17(12-26-20)5-4-16-2-3-16)29-11-10-23(24,25)19(14-29)18-7-9-21(30)27-13-18/h6-9,12-13,15-16,19H,2-5,10-11,14H2,1H3,(H,27,30)(H,26,28,31). The van der Waals surface area contributed by atoms with E-state index in [1.54, 1.807) is 24.1 Å². The van der Waals surface area contributed by atoms with Crippen LogP contribution >= 0.6 is 0 Å². The quantitative estimate of drug-likeness (QED) is 0.704. The van der Waals surface area contributed by atoms with Crippen LogP contribution < -0.4 is 10.9 Å². The third-order valence-corrected chi connectivity index (χ3v) is 6.41. The molecule has 6 nitrogen and oxygen atoms in total. The molecular formula is C23H28F2N4O2. The second-order valence-corrected chi connectivity index (χ2v) is 8.74. The average molecular weight is 430 g/mol. The van der Waals surface area contributed by atoms with Crippen LogP contribution in [0.15, 0.2) is 41.5 Å². The van der Waals surface area contributed by atoms with Gasteiger partial charge < -0.3 is 10.3 Å². The molecule has 1 aliphatic carbocycles. The van der Waals surface area contributed by atoms with Gasteiger partial charge in [0.05, 0.1) is 12.0 Å². The summed E-state index contributed by atoms with van der Waals surface area (Å²) in [5.41, 5.74) is 1.18.